The Morgan fingerprint density at radius 3 is 2.56 bits per heavy atom. The lowest BCUT2D eigenvalue weighted by molar-refractivity contribution is 0.0757. The molecule has 0 radical (unpaired) electrons. The Balaban J connectivity index is 2.91. The molecule has 0 bridgehead atoms. The van der Waals surface area contributed by atoms with Gasteiger partial charge in [0.05, 0.1) is 18.6 Å². The van der Waals surface area contributed by atoms with E-state index in [1.807, 2.05) is 6.08 Å². The van der Waals surface area contributed by atoms with Crippen molar-refractivity contribution in [1.29, 1.82) is 0 Å². The molecule has 1 aliphatic rings. The average Bonchev–Trinajstić information content (AvgIpc) is 2.39. The molecule has 102 valence electrons. The molecular weight excluding hydrogens is 281 g/mol. The number of rotatable bonds is 5. The maximum Gasteiger partial charge on any atom is 0.0924 e. The standard InChI is InChI=1S/C13H22NOPS2/c1-4-12(3)6-7-13(5-2)16(17,18)14-8-10-15-11-9-14/h5-7H,2,4,8-11H2,1,3H3,(H,17,18)/b12-6-,13-7+. The molecule has 0 N–H and O–H groups in total. The van der Waals surface area contributed by atoms with Gasteiger partial charge < -0.3 is 4.74 Å². The van der Waals surface area contributed by atoms with Crippen LogP contribution < -0.4 is 0 Å². The van der Waals surface area contributed by atoms with Gasteiger partial charge in [-0.05, 0) is 13.3 Å². The molecule has 1 atom stereocenters. The summed E-state index contributed by atoms with van der Waals surface area (Å²) in [7, 11) is 0. The summed E-state index contributed by atoms with van der Waals surface area (Å²) in [5, 5.41) is -0.900. The maximum atomic E-state index is 5.75. The molecule has 1 heterocycles. The zero-order valence-corrected chi connectivity index (χ0v) is 13.7. The van der Waals surface area contributed by atoms with E-state index in [0.717, 1.165) is 38.0 Å². The van der Waals surface area contributed by atoms with E-state index in [4.69, 9.17) is 28.8 Å². The predicted octanol–water partition coefficient (Wildman–Crippen LogP) is 3.98. The summed E-state index contributed by atoms with van der Waals surface area (Å²) >= 11 is 10.5. The molecule has 0 aromatic carbocycles. The summed E-state index contributed by atoms with van der Waals surface area (Å²) in [6.07, 6.45) is 7.10. The highest BCUT2D eigenvalue weighted by Gasteiger charge is 2.26. The number of hydrogen-bond acceptors (Lipinski definition) is 2. The molecule has 1 unspecified atom stereocenters. The normalized spacial score (nSPS) is 22.6. The summed E-state index contributed by atoms with van der Waals surface area (Å²) in [4.78, 5) is 0. The molecule has 1 fully saturated rings. The number of allylic oxidation sites excluding steroid dienone is 5. The quantitative estimate of drug-likeness (QED) is 0.469. The molecule has 1 rings (SSSR count). The van der Waals surface area contributed by atoms with Crippen LogP contribution >= 0.6 is 17.6 Å². The number of morpholine rings is 1. The van der Waals surface area contributed by atoms with Crippen molar-refractivity contribution in [3.8, 4) is 0 Å². The minimum absolute atomic E-state index is 0.743. The van der Waals surface area contributed by atoms with E-state index < -0.39 is 5.39 Å². The summed E-state index contributed by atoms with van der Waals surface area (Å²) in [5.74, 6) is 0. The first-order valence-electron chi connectivity index (χ1n) is 6.18. The monoisotopic (exact) mass is 303 g/mol. The third-order valence-corrected chi connectivity index (χ3v) is 7.96. The van der Waals surface area contributed by atoms with Crippen LogP contribution in [0.15, 0.2) is 35.7 Å². The number of thiol groups is 1. The van der Waals surface area contributed by atoms with Gasteiger partial charge in [-0.1, -0.05) is 49.1 Å². The van der Waals surface area contributed by atoms with Gasteiger partial charge in [-0.3, -0.25) is 4.67 Å². The van der Waals surface area contributed by atoms with Gasteiger partial charge in [0.15, 0.2) is 0 Å². The number of nitrogens with zero attached hydrogens (tertiary/aromatic N) is 1. The van der Waals surface area contributed by atoms with Gasteiger partial charge in [0.2, 0.25) is 0 Å². The Hall–Kier alpha value is 0.140. The van der Waals surface area contributed by atoms with Crippen LogP contribution in [-0.4, -0.2) is 31.0 Å². The molecule has 0 saturated carbocycles. The van der Waals surface area contributed by atoms with Crippen LogP contribution in [0.2, 0.25) is 0 Å². The lowest BCUT2D eigenvalue weighted by Crippen LogP contribution is -2.32. The first-order valence-corrected chi connectivity index (χ1v) is 10.1. The highest BCUT2D eigenvalue weighted by molar-refractivity contribution is 8.64. The van der Waals surface area contributed by atoms with E-state index in [-0.39, 0.29) is 0 Å². The lowest BCUT2D eigenvalue weighted by Gasteiger charge is -2.34. The lowest BCUT2D eigenvalue weighted by atomic mass is 10.2. The van der Waals surface area contributed by atoms with E-state index >= 15 is 0 Å². The van der Waals surface area contributed by atoms with E-state index in [2.05, 4.69) is 37.2 Å². The van der Waals surface area contributed by atoms with Gasteiger partial charge in [0.1, 0.15) is 0 Å². The maximum absolute atomic E-state index is 5.75. The Kier molecular flexibility index (Phi) is 6.89. The third-order valence-electron chi connectivity index (χ3n) is 3.01. The van der Waals surface area contributed by atoms with Crippen molar-refractivity contribution in [3.63, 3.8) is 0 Å². The molecule has 0 aromatic rings. The van der Waals surface area contributed by atoms with Crippen molar-refractivity contribution in [1.82, 2.24) is 4.67 Å². The van der Waals surface area contributed by atoms with Gasteiger partial charge in [0.25, 0.3) is 0 Å². The highest BCUT2D eigenvalue weighted by Crippen LogP contribution is 2.62. The van der Waals surface area contributed by atoms with Crippen molar-refractivity contribution in [2.24, 2.45) is 0 Å². The van der Waals surface area contributed by atoms with Crippen molar-refractivity contribution in [2.45, 2.75) is 20.3 Å². The summed E-state index contributed by atoms with van der Waals surface area (Å²) in [6, 6.07) is 0. The molecule has 2 nitrogen and oxygen atoms in total. The second-order valence-corrected chi connectivity index (χ2v) is 10.6. The van der Waals surface area contributed by atoms with E-state index in [1.54, 1.807) is 0 Å². The second kappa shape index (κ2) is 7.66. The minimum atomic E-state index is -1.97. The van der Waals surface area contributed by atoms with E-state index in [1.165, 1.54) is 5.57 Å². The second-order valence-electron chi connectivity index (χ2n) is 4.27. The highest BCUT2D eigenvalue weighted by atomic mass is 32.9. The number of hydrogen-bond donors (Lipinski definition) is 1. The SMILES string of the molecule is C=C/C(=C\C=C(\C)CC)P(=S)(S)N1CCOCC1. The fourth-order valence-corrected chi connectivity index (χ4v) is 5.03. The fraction of sp³-hybridized carbons (Fsp3) is 0.538. The zero-order valence-electron chi connectivity index (χ0n) is 11.1. The molecule has 0 amide bonds. The van der Waals surface area contributed by atoms with Gasteiger partial charge in [0, 0.05) is 18.4 Å². The van der Waals surface area contributed by atoms with Crippen LogP contribution in [0.1, 0.15) is 20.3 Å². The van der Waals surface area contributed by atoms with Gasteiger partial charge in [-0.2, -0.15) is 0 Å². The third kappa shape index (κ3) is 4.36. The first-order chi connectivity index (χ1) is 8.52. The Labute approximate surface area is 121 Å². The predicted molar refractivity (Wildman–Crippen MR) is 88.0 cm³/mol. The molecule has 1 aliphatic heterocycles. The summed E-state index contributed by atoms with van der Waals surface area (Å²) < 4.78 is 7.62. The first kappa shape index (κ1) is 16.2. The number of ether oxygens (including phenoxy) is 1. The largest absolute Gasteiger partial charge is 0.379 e. The average molecular weight is 303 g/mol. The summed E-state index contributed by atoms with van der Waals surface area (Å²) in [5.41, 5.74) is 1.33. The Morgan fingerprint density at radius 2 is 2.06 bits per heavy atom. The van der Waals surface area contributed by atoms with Crippen LogP contribution in [0.5, 0.6) is 0 Å². The molecule has 18 heavy (non-hydrogen) atoms. The molecule has 1 saturated heterocycles. The molecule has 0 aromatic heterocycles. The van der Waals surface area contributed by atoms with Crippen LogP contribution in [0.25, 0.3) is 0 Å². The summed E-state index contributed by atoms with van der Waals surface area (Å²) in [6.45, 7) is 11.4. The molecular formula is C13H22NOPS2. The van der Waals surface area contributed by atoms with Crippen LogP contribution in [0.4, 0.5) is 0 Å². The van der Waals surface area contributed by atoms with Gasteiger partial charge in [-0.15, -0.1) is 12.2 Å². The Bertz CT molecular complexity index is 398. The van der Waals surface area contributed by atoms with Crippen LogP contribution in [0, 0.1) is 0 Å². The Morgan fingerprint density at radius 1 is 1.44 bits per heavy atom. The van der Waals surface area contributed by atoms with Crippen LogP contribution in [-0.2, 0) is 16.5 Å². The zero-order chi connectivity index (χ0) is 13.6. The van der Waals surface area contributed by atoms with Crippen molar-refractivity contribution in [3.05, 3.63) is 35.7 Å². The topological polar surface area (TPSA) is 12.5 Å². The van der Waals surface area contributed by atoms with E-state index in [9.17, 15) is 0 Å². The molecule has 0 aliphatic carbocycles. The van der Waals surface area contributed by atoms with Crippen LogP contribution in [0.3, 0.4) is 0 Å². The van der Waals surface area contributed by atoms with Crippen molar-refractivity contribution < 1.29 is 4.74 Å². The molecule has 0 spiro atoms. The molecule has 5 heteroatoms. The van der Waals surface area contributed by atoms with Gasteiger partial charge in [-0.25, -0.2) is 0 Å². The fourth-order valence-electron chi connectivity index (χ4n) is 1.62. The minimum Gasteiger partial charge on any atom is -0.379 e. The van der Waals surface area contributed by atoms with Crippen molar-refractivity contribution >= 4 is 29.4 Å². The van der Waals surface area contributed by atoms with E-state index in [0.29, 0.717) is 0 Å². The smallest absolute Gasteiger partial charge is 0.0924 e. The van der Waals surface area contributed by atoms with Gasteiger partial charge >= 0.3 is 0 Å². The van der Waals surface area contributed by atoms with Crippen molar-refractivity contribution in [2.75, 3.05) is 26.3 Å².